The molecule has 1 N–H and O–H groups in total. The number of aliphatic hydroxyl groups excluding tert-OH is 1. The van der Waals surface area contributed by atoms with Crippen LogP contribution in [0.25, 0.3) is 5.76 Å². The molecular weight excluding hydrogens is 464 g/mol. The molecule has 3 aromatic carbocycles. The summed E-state index contributed by atoms with van der Waals surface area (Å²) in [6, 6.07) is 27.3. The van der Waals surface area contributed by atoms with Gasteiger partial charge < -0.3 is 14.7 Å². The fourth-order valence-electron chi connectivity index (χ4n) is 4.56. The maximum absolute atomic E-state index is 13.3. The number of rotatable bonds is 7. The van der Waals surface area contributed by atoms with Crippen LogP contribution in [-0.2, 0) is 22.7 Å². The number of aromatic nitrogens is 1. The van der Waals surface area contributed by atoms with Gasteiger partial charge in [-0.25, -0.2) is 0 Å². The fourth-order valence-corrected chi connectivity index (χ4v) is 4.56. The first-order valence-corrected chi connectivity index (χ1v) is 12.0. The Labute approximate surface area is 215 Å². The van der Waals surface area contributed by atoms with Gasteiger partial charge in [0.15, 0.2) is 0 Å². The number of nitrogens with zero attached hydrogens (tertiary/aromatic N) is 2. The van der Waals surface area contributed by atoms with Crippen LogP contribution in [0.3, 0.4) is 0 Å². The Bertz CT molecular complexity index is 1450. The number of benzene rings is 3. The Kier molecular flexibility index (Phi) is 6.81. The second-order valence-electron chi connectivity index (χ2n) is 8.95. The van der Waals surface area contributed by atoms with Crippen LogP contribution >= 0.6 is 0 Å². The lowest BCUT2D eigenvalue weighted by Crippen LogP contribution is -2.29. The normalized spacial score (nSPS) is 16.7. The van der Waals surface area contributed by atoms with Crippen LogP contribution < -0.4 is 4.74 Å². The molecule has 1 atom stereocenters. The van der Waals surface area contributed by atoms with E-state index in [2.05, 4.69) is 4.98 Å². The van der Waals surface area contributed by atoms with Crippen LogP contribution in [0.2, 0.25) is 0 Å². The quantitative estimate of drug-likeness (QED) is 0.208. The molecule has 1 fully saturated rings. The van der Waals surface area contributed by atoms with Crippen LogP contribution in [0.1, 0.15) is 33.9 Å². The maximum Gasteiger partial charge on any atom is 0.295 e. The van der Waals surface area contributed by atoms with Gasteiger partial charge in [-0.15, -0.1) is 0 Å². The number of likely N-dealkylation sites (tertiary alicyclic amines) is 1. The first-order chi connectivity index (χ1) is 18.0. The van der Waals surface area contributed by atoms with E-state index in [1.54, 1.807) is 42.7 Å². The van der Waals surface area contributed by atoms with E-state index in [1.165, 1.54) is 4.90 Å². The Morgan fingerprint density at radius 2 is 1.57 bits per heavy atom. The lowest BCUT2D eigenvalue weighted by atomic mass is 9.94. The predicted molar refractivity (Wildman–Crippen MR) is 140 cm³/mol. The van der Waals surface area contributed by atoms with E-state index < -0.39 is 17.7 Å². The number of ketones is 1. The molecule has 1 unspecified atom stereocenters. The highest BCUT2D eigenvalue weighted by Gasteiger charge is 2.46. The van der Waals surface area contributed by atoms with Crippen LogP contribution in [-0.4, -0.2) is 26.7 Å². The number of carbonyl (C=O) groups is 2. The van der Waals surface area contributed by atoms with Gasteiger partial charge in [-0.1, -0.05) is 60.7 Å². The molecule has 37 heavy (non-hydrogen) atoms. The summed E-state index contributed by atoms with van der Waals surface area (Å²) in [6.45, 7) is 2.52. The molecule has 1 amide bonds. The minimum atomic E-state index is -0.719. The number of amides is 1. The number of aryl methyl sites for hydroxylation is 1. The molecule has 0 bridgehead atoms. The zero-order chi connectivity index (χ0) is 25.8. The molecule has 0 spiro atoms. The highest BCUT2D eigenvalue weighted by molar-refractivity contribution is 6.46. The van der Waals surface area contributed by atoms with Gasteiger partial charge in [0.25, 0.3) is 11.7 Å². The van der Waals surface area contributed by atoms with E-state index in [1.807, 2.05) is 67.6 Å². The number of hydrogen-bond donors (Lipinski definition) is 1. The lowest BCUT2D eigenvalue weighted by molar-refractivity contribution is -0.140. The van der Waals surface area contributed by atoms with Crippen molar-refractivity contribution in [1.82, 2.24) is 9.88 Å². The van der Waals surface area contributed by atoms with Gasteiger partial charge >= 0.3 is 0 Å². The van der Waals surface area contributed by atoms with Crippen molar-refractivity contribution in [2.75, 3.05) is 0 Å². The lowest BCUT2D eigenvalue weighted by Gasteiger charge is -2.25. The summed E-state index contributed by atoms with van der Waals surface area (Å²) in [6.07, 6.45) is 3.29. The summed E-state index contributed by atoms with van der Waals surface area (Å²) < 4.78 is 5.96. The van der Waals surface area contributed by atoms with Gasteiger partial charge in [0.1, 0.15) is 18.1 Å². The number of aliphatic hydroxyl groups is 1. The molecule has 184 valence electrons. The molecule has 2 heterocycles. The van der Waals surface area contributed by atoms with Crippen molar-refractivity contribution in [1.29, 1.82) is 0 Å². The molecule has 0 aliphatic carbocycles. The number of carbonyl (C=O) groups excluding carboxylic acids is 2. The topological polar surface area (TPSA) is 79.7 Å². The Hall–Kier alpha value is -4.71. The summed E-state index contributed by atoms with van der Waals surface area (Å²) >= 11 is 0. The van der Waals surface area contributed by atoms with E-state index in [-0.39, 0.29) is 17.9 Å². The fraction of sp³-hybridized carbons (Fsp3) is 0.129. The number of pyridine rings is 1. The minimum Gasteiger partial charge on any atom is -0.507 e. The summed E-state index contributed by atoms with van der Waals surface area (Å²) in [7, 11) is 0. The highest BCUT2D eigenvalue weighted by Crippen LogP contribution is 2.40. The van der Waals surface area contributed by atoms with Crippen molar-refractivity contribution in [3.05, 3.63) is 137 Å². The van der Waals surface area contributed by atoms with Crippen molar-refractivity contribution in [2.24, 2.45) is 0 Å². The van der Waals surface area contributed by atoms with Crippen molar-refractivity contribution in [3.63, 3.8) is 0 Å². The van der Waals surface area contributed by atoms with Gasteiger partial charge in [0.2, 0.25) is 0 Å². The molecule has 4 aromatic rings. The molecule has 6 heteroatoms. The second kappa shape index (κ2) is 10.5. The predicted octanol–water partition coefficient (Wildman–Crippen LogP) is 5.59. The largest absolute Gasteiger partial charge is 0.507 e. The smallest absolute Gasteiger partial charge is 0.295 e. The summed E-state index contributed by atoms with van der Waals surface area (Å²) in [5, 5.41) is 11.4. The molecule has 6 nitrogen and oxygen atoms in total. The first kappa shape index (κ1) is 24.0. The molecular formula is C31H26N2O4. The Morgan fingerprint density at radius 1 is 0.892 bits per heavy atom. The summed E-state index contributed by atoms with van der Waals surface area (Å²) in [5.41, 5.74) is 3.97. The SMILES string of the molecule is Cc1cc(/C(O)=C2/C(=O)C(=O)N(Cc3ccncc3)C2c2ccccc2)ccc1OCc1ccccc1. The van der Waals surface area contributed by atoms with Crippen molar-refractivity contribution >= 4 is 17.4 Å². The molecule has 1 aromatic heterocycles. The van der Waals surface area contributed by atoms with E-state index in [9.17, 15) is 14.7 Å². The molecule has 5 rings (SSSR count). The molecule has 0 radical (unpaired) electrons. The first-order valence-electron chi connectivity index (χ1n) is 12.0. The third-order valence-corrected chi connectivity index (χ3v) is 6.44. The van der Waals surface area contributed by atoms with Gasteiger partial charge in [-0.2, -0.15) is 0 Å². The Balaban J connectivity index is 1.50. The second-order valence-corrected chi connectivity index (χ2v) is 8.95. The molecule has 1 saturated heterocycles. The zero-order valence-corrected chi connectivity index (χ0v) is 20.4. The van der Waals surface area contributed by atoms with E-state index in [4.69, 9.17) is 4.74 Å². The molecule has 1 aliphatic heterocycles. The zero-order valence-electron chi connectivity index (χ0n) is 20.4. The standard InChI is InChI=1S/C31H26N2O4/c1-21-18-25(12-13-26(21)37-20-23-8-4-2-5-9-23)29(34)27-28(24-10-6-3-7-11-24)33(31(36)30(27)35)19-22-14-16-32-17-15-22/h2-18,28,34H,19-20H2,1H3/b29-27-. The third kappa shape index (κ3) is 5.00. The summed E-state index contributed by atoms with van der Waals surface area (Å²) in [5.74, 6) is -0.880. The minimum absolute atomic E-state index is 0.0719. The van der Waals surface area contributed by atoms with E-state index in [0.717, 1.165) is 22.3 Å². The van der Waals surface area contributed by atoms with Crippen LogP contribution in [0.5, 0.6) is 5.75 Å². The van der Waals surface area contributed by atoms with Crippen molar-refractivity contribution in [2.45, 2.75) is 26.1 Å². The number of ether oxygens (including phenoxy) is 1. The molecule has 0 saturated carbocycles. The Morgan fingerprint density at radius 3 is 2.24 bits per heavy atom. The van der Waals surface area contributed by atoms with Gasteiger partial charge in [0, 0.05) is 24.5 Å². The van der Waals surface area contributed by atoms with Crippen molar-refractivity contribution < 1.29 is 19.4 Å². The summed E-state index contributed by atoms with van der Waals surface area (Å²) in [4.78, 5) is 32.0. The van der Waals surface area contributed by atoms with E-state index in [0.29, 0.717) is 17.9 Å². The van der Waals surface area contributed by atoms with Gasteiger partial charge in [-0.3, -0.25) is 14.6 Å². The van der Waals surface area contributed by atoms with Crippen LogP contribution in [0.15, 0.2) is 109 Å². The average Bonchev–Trinajstić information content (AvgIpc) is 3.18. The number of hydrogen-bond acceptors (Lipinski definition) is 5. The maximum atomic E-state index is 13.3. The van der Waals surface area contributed by atoms with Crippen LogP contribution in [0, 0.1) is 6.92 Å². The molecule has 1 aliphatic rings. The highest BCUT2D eigenvalue weighted by atomic mass is 16.5. The van der Waals surface area contributed by atoms with Crippen molar-refractivity contribution in [3.8, 4) is 5.75 Å². The van der Waals surface area contributed by atoms with Gasteiger partial charge in [-0.05, 0) is 59.5 Å². The van der Waals surface area contributed by atoms with E-state index >= 15 is 0 Å². The number of Topliss-reactive ketones (excluding diaryl/α,β-unsaturated/α-hetero) is 1. The van der Waals surface area contributed by atoms with Gasteiger partial charge in [0.05, 0.1) is 11.6 Å². The third-order valence-electron chi connectivity index (χ3n) is 6.44. The van der Waals surface area contributed by atoms with Crippen LogP contribution in [0.4, 0.5) is 0 Å². The monoisotopic (exact) mass is 490 g/mol. The average molecular weight is 491 g/mol.